The van der Waals surface area contributed by atoms with Gasteiger partial charge in [-0.05, 0) is 30.7 Å². The number of carbonyl (C=O) groups is 2. The third-order valence-corrected chi connectivity index (χ3v) is 4.96. The van der Waals surface area contributed by atoms with Crippen molar-refractivity contribution >= 4 is 27.6 Å². The monoisotopic (exact) mass is 376 g/mol. The average Bonchev–Trinajstić information content (AvgIpc) is 2.65. The summed E-state index contributed by atoms with van der Waals surface area (Å²) in [5, 5.41) is 2.71. The number of sulfonamides is 1. The quantitative estimate of drug-likeness (QED) is 0.723. The summed E-state index contributed by atoms with van der Waals surface area (Å²) in [6, 6.07) is 12.0. The fraction of sp³-hybridized carbons (Fsp3) is 0.222. The van der Waals surface area contributed by atoms with Gasteiger partial charge < -0.3 is 10.1 Å². The predicted octanol–water partition coefficient (Wildman–Crippen LogP) is 2.41. The molecule has 26 heavy (non-hydrogen) atoms. The number of anilines is 1. The highest BCUT2D eigenvalue weighted by atomic mass is 32.2. The number of rotatable bonds is 7. The van der Waals surface area contributed by atoms with E-state index in [0.29, 0.717) is 6.54 Å². The van der Waals surface area contributed by atoms with Crippen LogP contribution in [0.4, 0.5) is 5.69 Å². The lowest BCUT2D eigenvalue weighted by Crippen LogP contribution is -2.26. The van der Waals surface area contributed by atoms with Crippen LogP contribution in [0.5, 0.6) is 0 Å². The number of esters is 1. The van der Waals surface area contributed by atoms with Gasteiger partial charge in [-0.2, -0.15) is 0 Å². The summed E-state index contributed by atoms with van der Waals surface area (Å²) in [5.74, 6) is -1.15. The molecule has 0 bridgehead atoms. The number of hydrogen-bond acceptors (Lipinski definition) is 5. The zero-order valence-corrected chi connectivity index (χ0v) is 15.3. The molecule has 0 aromatic heterocycles. The van der Waals surface area contributed by atoms with Gasteiger partial charge in [0, 0.05) is 6.54 Å². The van der Waals surface area contributed by atoms with Crippen molar-refractivity contribution < 1.29 is 22.7 Å². The van der Waals surface area contributed by atoms with Crippen molar-refractivity contribution in [1.82, 2.24) is 5.32 Å². The van der Waals surface area contributed by atoms with E-state index in [1.807, 2.05) is 6.92 Å². The Morgan fingerprint density at radius 2 is 1.62 bits per heavy atom. The number of amides is 1. The number of para-hydroxylation sites is 1. The molecule has 0 aliphatic carbocycles. The van der Waals surface area contributed by atoms with Gasteiger partial charge in [-0.3, -0.25) is 9.52 Å². The summed E-state index contributed by atoms with van der Waals surface area (Å²) in [6.07, 6.45) is 0.756. The third kappa shape index (κ3) is 4.40. The van der Waals surface area contributed by atoms with E-state index in [0.717, 1.165) is 6.42 Å². The lowest BCUT2D eigenvalue weighted by molar-refractivity contribution is 0.0596. The SMILES string of the molecule is CCCNC(=O)c1ccccc1NS(=O)(=O)c1ccccc1C(=O)OC. The molecule has 2 N–H and O–H groups in total. The fourth-order valence-corrected chi connectivity index (χ4v) is 3.56. The maximum absolute atomic E-state index is 12.8. The van der Waals surface area contributed by atoms with E-state index in [-0.39, 0.29) is 27.6 Å². The summed E-state index contributed by atoms with van der Waals surface area (Å²) < 4.78 is 32.6. The lowest BCUT2D eigenvalue weighted by Gasteiger charge is -2.14. The van der Waals surface area contributed by atoms with E-state index in [1.54, 1.807) is 12.1 Å². The largest absolute Gasteiger partial charge is 0.465 e. The topological polar surface area (TPSA) is 102 Å². The van der Waals surface area contributed by atoms with Crippen molar-refractivity contribution in [2.45, 2.75) is 18.2 Å². The zero-order chi connectivity index (χ0) is 19.2. The van der Waals surface area contributed by atoms with Crippen LogP contribution in [-0.4, -0.2) is 33.9 Å². The molecule has 0 radical (unpaired) electrons. The molecule has 0 aliphatic heterocycles. The first-order valence-electron chi connectivity index (χ1n) is 7.98. The molecule has 0 aliphatic rings. The minimum absolute atomic E-state index is 0.0876. The van der Waals surface area contributed by atoms with Gasteiger partial charge in [0.1, 0.15) is 4.90 Å². The molecule has 0 saturated carbocycles. The predicted molar refractivity (Wildman–Crippen MR) is 97.7 cm³/mol. The molecule has 8 heteroatoms. The summed E-state index contributed by atoms with van der Waals surface area (Å²) >= 11 is 0. The van der Waals surface area contributed by atoms with Crippen molar-refractivity contribution in [3.8, 4) is 0 Å². The molecule has 0 heterocycles. The number of benzene rings is 2. The second-order valence-corrected chi connectivity index (χ2v) is 7.05. The Kier molecular flexibility index (Phi) is 6.35. The number of carbonyl (C=O) groups excluding carboxylic acids is 2. The van der Waals surface area contributed by atoms with Gasteiger partial charge in [-0.15, -0.1) is 0 Å². The van der Waals surface area contributed by atoms with Gasteiger partial charge in [0.25, 0.3) is 15.9 Å². The number of hydrogen-bond donors (Lipinski definition) is 2. The van der Waals surface area contributed by atoms with Gasteiger partial charge >= 0.3 is 5.97 Å². The van der Waals surface area contributed by atoms with E-state index < -0.39 is 16.0 Å². The molecule has 0 atom stereocenters. The Morgan fingerprint density at radius 1 is 1.00 bits per heavy atom. The molecule has 0 fully saturated rings. The highest BCUT2D eigenvalue weighted by molar-refractivity contribution is 7.92. The van der Waals surface area contributed by atoms with Crippen LogP contribution in [0.3, 0.4) is 0 Å². The van der Waals surface area contributed by atoms with Crippen molar-refractivity contribution in [3.63, 3.8) is 0 Å². The molecule has 138 valence electrons. The van der Waals surface area contributed by atoms with E-state index in [1.165, 1.54) is 43.5 Å². The molecular weight excluding hydrogens is 356 g/mol. The van der Waals surface area contributed by atoms with E-state index in [4.69, 9.17) is 0 Å². The molecule has 0 spiro atoms. The molecule has 0 unspecified atom stereocenters. The van der Waals surface area contributed by atoms with E-state index in [9.17, 15) is 18.0 Å². The highest BCUT2D eigenvalue weighted by Gasteiger charge is 2.24. The van der Waals surface area contributed by atoms with E-state index >= 15 is 0 Å². The van der Waals surface area contributed by atoms with Gasteiger partial charge in [0.05, 0.1) is 23.9 Å². The Balaban J connectivity index is 2.40. The van der Waals surface area contributed by atoms with Crippen LogP contribution in [0.15, 0.2) is 53.4 Å². The van der Waals surface area contributed by atoms with Gasteiger partial charge in [-0.1, -0.05) is 31.2 Å². The lowest BCUT2D eigenvalue weighted by atomic mass is 10.1. The highest BCUT2D eigenvalue weighted by Crippen LogP contribution is 2.23. The third-order valence-electron chi connectivity index (χ3n) is 3.53. The summed E-state index contributed by atoms with van der Waals surface area (Å²) in [7, 11) is -2.93. The summed E-state index contributed by atoms with van der Waals surface area (Å²) in [4.78, 5) is 23.9. The average molecular weight is 376 g/mol. The number of methoxy groups -OCH3 is 1. The first-order chi connectivity index (χ1) is 12.4. The normalized spacial score (nSPS) is 10.8. The zero-order valence-electron chi connectivity index (χ0n) is 14.5. The van der Waals surface area contributed by atoms with Gasteiger partial charge in [0.2, 0.25) is 0 Å². The molecule has 2 rings (SSSR count). The Hall–Kier alpha value is -2.87. The van der Waals surface area contributed by atoms with Crippen molar-refractivity contribution in [1.29, 1.82) is 0 Å². The Labute approximate surface area is 152 Å². The maximum atomic E-state index is 12.8. The smallest absolute Gasteiger partial charge is 0.339 e. The van der Waals surface area contributed by atoms with Crippen LogP contribution in [0.25, 0.3) is 0 Å². The van der Waals surface area contributed by atoms with Crippen LogP contribution < -0.4 is 10.0 Å². The fourth-order valence-electron chi connectivity index (χ4n) is 2.28. The number of ether oxygens (including phenoxy) is 1. The van der Waals surface area contributed by atoms with Crippen LogP contribution in [0.2, 0.25) is 0 Å². The van der Waals surface area contributed by atoms with Crippen molar-refractivity contribution in [3.05, 3.63) is 59.7 Å². The van der Waals surface area contributed by atoms with Crippen LogP contribution in [0, 0.1) is 0 Å². The molecule has 2 aromatic rings. The minimum Gasteiger partial charge on any atom is -0.465 e. The molecule has 2 aromatic carbocycles. The van der Waals surface area contributed by atoms with Crippen LogP contribution >= 0.6 is 0 Å². The standard InChI is InChI=1S/C18H20N2O5S/c1-3-12-19-17(21)13-8-4-6-10-15(13)20-26(23,24)16-11-7-5-9-14(16)18(22)25-2/h4-11,20H,3,12H2,1-2H3,(H,19,21). The first-order valence-corrected chi connectivity index (χ1v) is 9.46. The summed E-state index contributed by atoms with van der Waals surface area (Å²) in [5.41, 5.74) is 0.233. The Bertz CT molecular complexity index is 909. The molecule has 1 amide bonds. The molecular formula is C18H20N2O5S. The van der Waals surface area contributed by atoms with E-state index in [2.05, 4.69) is 14.8 Å². The van der Waals surface area contributed by atoms with Crippen LogP contribution in [-0.2, 0) is 14.8 Å². The summed E-state index contributed by atoms with van der Waals surface area (Å²) in [6.45, 7) is 2.39. The second kappa shape index (κ2) is 8.48. The van der Waals surface area contributed by atoms with Crippen molar-refractivity contribution in [2.24, 2.45) is 0 Å². The van der Waals surface area contributed by atoms with Crippen LogP contribution in [0.1, 0.15) is 34.1 Å². The minimum atomic E-state index is -4.11. The van der Waals surface area contributed by atoms with Gasteiger partial charge in [-0.25, -0.2) is 13.2 Å². The van der Waals surface area contributed by atoms with Gasteiger partial charge in [0.15, 0.2) is 0 Å². The second-order valence-electron chi connectivity index (χ2n) is 5.39. The first kappa shape index (κ1) is 19.5. The van der Waals surface area contributed by atoms with Crippen molar-refractivity contribution in [2.75, 3.05) is 18.4 Å². The molecule has 7 nitrogen and oxygen atoms in total. The Morgan fingerprint density at radius 3 is 2.27 bits per heavy atom. The number of nitrogens with one attached hydrogen (secondary N) is 2. The molecule has 0 saturated heterocycles. The maximum Gasteiger partial charge on any atom is 0.339 e.